The van der Waals surface area contributed by atoms with Crippen LogP contribution in [-0.2, 0) is 6.42 Å². The van der Waals surface area contributed by atoms with Crippen molar-refractivity contribution in [1.29, 1.82) is 0 Å². The molecule has 1 heterocycles. The monoisotopic (exact) mass is 286 g/mol. The molecular formula is C16H15FN2O2. The molecule has 2 aromatic carbocycles. The van der Waals surface area contributed by atoms with Crippen LogP contribution < -0.4 is 4.90 Å². The van der Waals surface area contributed by atoms with E-state index < -0.39 is 16.4 Å². The fourth-order valence-electron chi connectivity index (χ4n) is 2.88. The summed E-state index contributed by atoms with van der Waals surface area (Å²) in [4.78, 5) is 12.4. The van der Waals surface area contributed by atoms with E-state index in [0.717, 1.165) is 35.7 Å². The quantitative estimate of drug-likeness (QED) is 0.616. The number of fused-ring (bicyclic) bond motifs is 1. The van der Waals surface area contributed by atoms with Gasteiger partial charge in [0, 0.05) is 12.2 Å². The third-order valence-electron chi connectivity index (χ3n) is 3.79. The Morgan fingerprint density at radius 2 is 2.05 bits per heavy atom. The van der Waals surface area contributed by atoms with Crippen LogP contribution in [0.1, 0.15) is 17.5 Å². The van der Waals surface area contributed by atoms with Gasteiger partial charge >= 0.3 is 5.69 Å². The van der Waals surface area contributed by atoms with Gasteiger partial charge in [-0.1, -0.05) is 23.8 Å². The summed E-state index contributed by atoms with van der Waals surface area (Å²) in [5.74, 6) is -0.795. The Labute approximate surface area is 122 Å². The zero-order valence-electron chi connectivity index (χ0n) is 11.7. The van der Waals surface area contributed by atoms with E-state index in [-0.39, 0.29) is 0 Å². The Bertz CT molecular complexity index is 715. The van der Waals surface area contributed by atoms with Gasteiger partial charge in [-0.3, -0.25) is 10.1 Å². The zero-order chi connectivity index (χ0) is 15.0. The summed E-state index contributed by atoms with van der Waals surface area (Å²) in [5.41, 5.74) is 3.11. The van der Waals surface area contributed by atoms with E-state index in [1.165, 1.54) is 6.07 Å². The van der Waals surface area contributed by atoms with Crippen molar-refractivity contribution in [3.8, 4) is 0 Å². The highest BCUT2D eigenvalue weighted by molar-refractivity contribution is 5.75. The Morgan fingerprint density at radius 3 is 2.81 bits per heavy atom. The van der Waals surface area contributed by atoms with Crippen molar-refractivity contribution in [2.45, 2.75) is 19.8 Å². The Hall–Kier alpha value is -2.43. The summed E-state index contributed by atoms with van der Waals surface area (Å²) in [6.07, 6.45) is 1.83. The average Bonchev–Trinajstić information content (AvgIpc) is 2.45. The van der Waals surface area contributed by atoms with E-state index >= 15 is 0 Å². The van der Waals surface area contributed by atoms with Crippen LogP contribution >= 0.6 is 0 Å². The molecule has 1 aliphatic heterocycles. The van der Waals surface area contributed by atoms with Crippen molar-refractivity contribution in [2.75, 3.05) is 11.4 Å². The van der Waals surface area contributed by atoms with E-state index in [1.807, 2.05) is 24.0 Å². The molecule has 0 aromatic heterocycles. The summed E-state index contributed by atoms with van der Waals surface area (Å²) in [7, 11) is 0. The van der Waals surface area contributed by atoms with Crippen LogP contribution in [0.4, 0.5) is 21.5 Å². The summed E-state index contributed by atoms with van der Waals surface area (Å²) >= 11 is 0. The second-order valence-corrected chi connectivity index (χ2v) is 5.25. The number of nitro benzene ring substituents is 1. The van der Waals surface area contributed by atoms with Crippen LogP contribution in [0.2, 0.25) is 0 Å². The normalized spacial score (nSPS) is 13.9. The number of hydrogen-bond donors (Lipinski definition) is 0. The first-order chi connectivity index (χ1) is 10.1. The molecule has 0 N–H and O–H groups in total. The minimum Gasteiger partial charge on any atom is -0.336 e. The van der Waals surface area contributed by atoms with Crippen molar-refractivity contribution in [3.63, 3.8) is 0 Å². The topological polar surface area (TPSA) is 46.4 Å². The second-order valence-electron chi connectivity index (χ2n) is 5.25. The van der Waals surface area contributed by atoms with Gasteiger partial charge < -0.3 is 4.90 Å². The molecular weight excluding hydrogens is 271 g/mol. The number of halogens is 1. The second kappa shape index (κ2) is 5.16. The molecule has 5 heteroatoms. The highest BCUT2D eigenvalue weighted by Crippen LogP contribution is 2.39. The maximum Gasteiger partial charge on any atom is 0.328 e. The first-order valence-corrected chi connectivity index (χ1v) is 6.88. The van der Waals surface area contributed by atoms with Gasteiger partial charge in [-0.2, -0.15) is 4.39 Å². The first kappa shape index (κ1) is 13.5. The number of anilines is 2. The molecule has 0 saturated carbocycles. The number of hydrogen-bond acceptors (Lipinski definition) is 3. The summed E-state index contributed by atoms with van der Waals surface area (Å²) < 4.78 is 13.8. The van der Waals surface area contributed by atoms with Crippen molar-refractivity contribution < 1.29 is 9.31 Å². The molecule has 0 bridgehead atoms. The molecule has 4 nitrogen and oxygen atoms in total. The van der Waals surface area contributed by atoms with Gasteiger partial charge in [-0.05, 0) is 43.5 Å². The predicted molar refractivity (Wildman–Crippen MR) is 79.6 cm³/mol. The number of nitrogens with zero attached hydrogens (tertiary/aromatic N) is 2. The number of nitro groups is 1. The zero-order valence-corrected chi connectivity index (χ0v) is 11.7. The lowest BCUT2D eigenvalue weighted by Gasteiger charge is -2.31. The van der Waals surface area contributed by atoms with Crippen molar-refractivity contribution in [1.82, 2.24) is 0 Å². The average molecular weight is 286 g/mol. The maximum absolute atomic E-state index is 13.8. The molecule has 0 aliphatic carbocycles. The predicted octanol–water partition coefficient (Wildman–Crippen LogP) is 4.13. The van der Waals surface area contributed by atoms with E-state index in [1.54, 1.807) is 6.07 Å². The van der Waals surface area contributed by atoms with E-state index in [4.69, 9.17) is 0 Å². The SMILES string of the molecule is Cc1ccc2c(c1)CCCN2c1cccc(F)c1[N+](=O)[O-]. The highest BCUT2D eigenvalue weighted by Gasteiger charge is 2.27. The van der Waals surface area contributed by atoms with Crippen LogP contribution in [0.15, 0.2) is 36.4 Å². The molecule has 0 unspecified atom stereocenters. The van der Waals surface area contributed by atoms with Gasteiger partial charge in [0.2, 0.25) is 5.82 Å². The van der Waals surface area contributed by atoms with Gasteiger partial charge in [0.05, 0.1) is 4.92 Å². The molecule has 0 saturated heterocycles. The number of aryl methyl sites for hydroxylation is 2. The maximum atomic E-state index is 13.8. The molecule has 0 spiro atoms. The van der Waals surface area contributed by atoms with Gasteiger partial charge in [0.25, 0.3) is 0 Å². The Balaban J connectivity index is 2.16. The molecule has 1 aliphatic rings. The molecule has 0 amide bonds. The molecule has 108 valence electrons. The lowest BCUT2D eigenvalue weighted by molar-refractivity contribution is -0.386. The molecule has 21 heavy (non-hydrogen) atoms. The fraction of sp³-hybridized carbons (Fsp3) is 0.250. The Kier molecular flexibility index (Phi) is 3.33. The highest BCUT2D eigenvalue weighted by atomic mass is 19.1. The van der Waals surface area contributed by atoms with Gasteiger partial charge in [0.15, 0.2) is 0 Å². The van der Waals surface area contributed by atoms with Crippen LogP contribution in [0, 0.1) is 22.9 Å². The fourth-order valence-corrected chi connectivity index (χ4v) is 2.88. The van der Waals surface area contributed by atoms with E-state index in [0.29, 0.717) is 12.2 Å². The molecule has 2 aromatic rings. The minimum atomic E-state index is -0.795. The van der Waals surface area contributed by atoms with Crippen LogP contribution in [0.3, 0.4) is 0 Å². The van der Waals surface area contributed by atoms with Crippen molar-refractivity contribution in [3.05, 3.63) is 63.5 Å². The number of benzene rings is 2. The van der Waals surface area contributed by atoms with E-state index in [9.17, 15) is 14.5 Å². The number of rotatable bonds is 2. The lowest BCUT2D eigenvalue weighted by Crippen LogP contribution is -2.25. The standard InChI is InChI=1S/C16H15FN2O2/c1-11-7-8-14-12(10-11)4-3-9-18(14)15-6-2-5-13(17)16(15)19(20)21/h2,5-8,10H,3-4,9H2,1H3. The van der Waals surface area contributed by atoms with Crippen LogP contribution in [0.5, 0.6) is 0 Å². The molecule has 0 radical (unpaired) electrons. The molecule has 0 fully saturated rings. The number of para-hydroxylation sites is 1. The van der Waals surface area contributed by atoms with Crippen molar-refractivity contribution >= 4 is 17.1 Å². The summed E-state index contributed by atoms with van der Waals surface area (Å²) in [6.45, 7) is 2.67. The molecule has 0 atom stereocenters. The lowest BCUT2D eigenvalue weighted by atomic mass is 9.99. The summed E-state index contributed by atoms with van der Waals surface area (Å²) in [6, 6.07) is 10.3. The van der Waals surface area contributed by atoms with Crippen molar-refractivity contribution in [2.24, 2.45) is 0 Å². The van der Waals surface area contributed by atoms with Crippen LogP contribution in [-0.4, -0.2) is 11.5 Å². The van der Waals surface area contributed by atoms with Gasteiger partial charge in [-0.25, -0.2) is 0 Å². The third kappa shape index (κ3) is 2.35. The smallest absolute Gasteiger partial charge is 0.328 e. The van der Waals surface area contributed by atoms with Crippen LogP contribution in [0.25, 0.3) is 0 Å². The van der Waals surface area contributed by atoms with E-state index in [2.05, 4.69) is 6.07 Å². The van der Waals surface area contributed by atoms with Gasteiger partial charge in [-0.15, -0.1) is 0 Å². The summed E-state index contributed by atoms with van der Waals surface area (Å²) in [5, 5.41) is 11.2. The first-order valence-electron chi connectivity index (χ1n) is 6.88. The third-order valence-corrected chi connectivity index (χ3v) is 3.79. The van der Waals surface area contributed by atoms with Gasteiger partial charge in [0.1, 0.15) is 5.69 Å². The Morgan fingerprint density at radius 1 is 1.24 bits per heavy atom. The largest absolute Gasteiger partial charge is 0.336 e. The minimum absolute atomic E-state index is 0.324. The molecule has 3 rings (SSSR count).